The average molecular weight is 219 g/mol. The average Bonchev–Trinajstić information content (AvgIpc) is 2.47. The van der Waals surface area contributed by atoms with Crippen LogP contribution < -0.4 is 0 Å². The van der Waals surface area contributed by atoms with Crippen molar-refractivity contribution >= 4 is 28.8 Å². The summed E-state index contributed by atoms with van der Waals surface area (Å²) in [6.45, 7) is 0. The van der Waals surface area contributed by atoms with Gasteiger partial charge in [-0.3, -0.25) is 0 Å². The third-order valence-corrected chi connectivity index (χ3v) is 2.21. The number of aromatic nitrogens is 2. The Hall–Kier alpha value is -0.800. The molecule has 0 radical (unpaired) electrons. The van der Waals surface area contributed by atoms with Crippen LogP contribution in [-0.4, -0.2) is 9.38 Å². The lowest BCUT2D eigenvalue weighted by Gasteiger charge is -1.94. The van der Waals surface area contributed by atoms with E-state index in [1.165, 1.54) is 16.7 Å². The summed E-state index contributed by atoms with van der Waals surface area (Å²) < 4.78 is 14.4. The molecule has 0 atom stereocenters. The van der Waals surface area contributed by atoms with Crippen molar-refractivity contribution in [2.24, 2.45) is 0 Å². The van der Waals surface area contributed by atoms with Crippen molar-refractivity contribution in [3.05, 3.63) is 35.0 Å². The molecule has 0 aromatic carbocycles. The maximum absolute atomic E-state index is 12.8. The zero-order valence-electron chi connectivity index (χ0n) is 6.47. The van der Waals surface area contributed by atoms with Gasteiger partial charge in [-0.1, -0.05) is 11.6 Å². The van der Waals surface area contributed by atoms with Crippen molar-refractivity contribution < 1.29 is 4.39 Å². The van der Waals surface area contributed by atoms with Crippen LogP contribution in [0.4, 0.5) is 4.39 Å². The lowest BCUT2D eigenvalue weighted by molar-refractivity contribution is 0.619. The normalized spacial score (nSPS) is 11.0. The molecule has 0 aliphatic heterocycles. The quantitative estimate of drug-likeness (QED) is 0.674. The van der Waals surface area contributed by atoms with Crippen molar-refractivity contribution in [2.75, 3.05) is 0 Å². The number of halogens is 3. The van der Waals surface area contributed by atoms with Gasteiger partial charge >= 0.3 is 0 Å². The van der Waals surface area contributed by atoms with Crippen molar-refractivity contribution in [1.82, 2.24) is 9.38 Å². The highest BCUT2D eigenvalue weighted by Crippen LogP contribution is 2.18. The van der Waals surface area contributed by atoms with Crippen molar-refractivity contribution in [2.45, 2.75) is 5.88 Å². The van der Waals surface area contributed by atoms with Crippen LogP contribution in [0.15, 0.2) is 18.5 Å². The van der Waals surface area contributed by atoms with Gasteiger partial charge in [0.1, 0.15) is 5.82 Å². The van der Waals surface area contributed by atoms with Crippen molar-refractivity contribution in [3.8, 4) is 0 Å². The Balaban J connectivity index is 2.75. The molecule has 0 saturated heterocycles. The smallest absolute Gasteiger partial charge is 0.156 e. The Morgan fingerprint density at radius 3 is 2.92 bits per heavy atom. The monoisotopic (exact) mass is 218 g/mol. The summed E-state index contributed by atoms with van der Waals surface area (Å²) in [5, 5.41) is 0.288. The maximum atomic E-state index is 12.8. The summed E-state index contributed by atoms with van der Waals surface area (Å²) in [7, 11) is 0. The second-order valence-corrected chi connectivity index (χ2v) is 3.28. The Morgan fingerprint density at radius 2 is 2.23 bits per heavy atom. The van der Waals surface area contributed by atoms with E-state index in [-0.39, 0.29) is 5.02 Å². The summed E-state index contributed by atoms with van der Waals surface area (Å²) in [6, 6.07) is 1.22. The first-order chi connectivity index (χ1) is 6.20. The number of rotatable bonds is 1. The summed E-state index contributed by atoms with van der Waals surface area (Å²) >= 11 is 11.3. The van der Waals surface area contributed by atoms with E-state index in [0.717, 1.165) is 0 Å². The molecule has 5 heteroatoms. The van der Waals surface area contributed by atoms with Crippen LogP contribution in [-0.2, 0) is 5.88 Å². The number of imidazole rings is 1. The zero-order chi connectivity index (χ0) is 9.42. The van der Waals surface area contributed by atoms with E-state index >= 15 is 0 Å². The first kappa shape index (κ1) is 8.78. The predicted molar refractivity (Wildman–Crippen MR) is 49.7 cm³/mol. The molecule has 68 valence electrons. The molecule has 13 heavy (non-hydrogen) atoms. The molecular weight excluding hydrogens is 214 g/mol. The number of hydrogen-bond donors (Lipinski definition) is 0. The van der Waals surface area contributed by atoms with Gasteiger partial charge in [0.15, 0.2) is 5.65 Å². The van der Waals surface area contributed by atoms with Gasteiger partial charge < -0.3 is 4.40 Å². The molecule has 0 saturated carbocycles. The van der Waals surface area contributed by atoms with E-state index in [1.807, 2.05) is 0 Å². The van der Waals surface area contributed by atoms with E-state index in [9.17, 15) is 4.39 Å². The van der Waals surface area contributed by atoms with E-state index < -0.39 is 5.82 Å². The highest BCUT2D eigenvalue weighted by atomic mass is 35.5. The molecule has 0 fully saturated rings. The van der Waals surface area contributed by atoms with Crippen LogP contribution >= 0.6 is 23.2 Å². The number of fused-ring (bicyclic) bond motifs is 1. The maximum Gasteiger partial charge on any atom is 0.156 e. The SMILES string of the molecule is Fc1cc(Cl)c2nc(CCl)cn2c1. The minimum Gasteiger partial charge on any atom is -0.303 e. The Bertz CT molecular complexity index is 453. The molecule has 2 rings (SSSR count). The van der Waals surface area contributed by atoms with Gasteiger partial charge in [0.25, 0.3) is 0 Å². The minimum atomic E-state index is -0.393. The van der Waals surface area contributed by atoms with E-state index in [2.05, 4.69) is 4.98 Å². The largest absolute Gasteiger partial charge is 0.303 e. The molecule has 0 N–H and O–H groups in total. The topological polar surface area (TPSA) is 17.3 Å². The summed E-state index contributed by atoms with van der Waals surface area (Å²) in [4.78, 5) is 4.10. The third kappa shape index (κ3) is 1.49. The fourth-order valence-electron chi connectivity index (χ4n) is 1.14. The lowest BCUT2D eigenvalue weighted by atomic mass is 10.4. The van der Waals surface area contributed by atoms with Crippen LogP contribution in [0.3, 0.4) is 0 Å². The molecule has 0 aliphatic rings. The number of pyridine rings is 1. The Morgan fingerprint density at radius 1 is 1.46 bits per heavy atom. The van der Waals surface area contributed by atoms with Crippen LogP contribution in [0.5, 0.6) is 0 Å². The molecule has 0 unspecified atom stereocenters. The first-order valence-corrected chi connectivity index (χ1v) is 4.50. The number of nitrogens with zero attached hydrogens (tertiary/aromatic N) is 2. The van der Waals surface area contributed by atoms with Gasteiger partial charge in [0.05, 0.1) is 16.6 Å². The third-order valence-electron chi connectivity index (χ3n) is 1.66. The summed E-state index contributed by atoms with van der Waals surface area (Å²) in [5.74, 6) is -0.101. The van der Waals surface area contributed by atoms with Crippen molar-refractivity contribution in [3.63, 3.8) is 0 Å². The molecule has 0 spiro atoms. The number of alkyl halides is 1. The summed E-state index contributed by atoms with van der Waals surface area (Å²) in [6.07, 6.45) is 2.96. The van der Waals surface area contributed by atoms with E-state index in [1.54, 1.807) is 6.20 Å². The fraction of sp³-hybridized carbons (Fsp3) is 0.125. The fourth-order valence-corrected chi connectivity index (χ4v) is 1.51. The van der Waals surface area contributed by atoms with Crippen LogP contribution in [0.25, 0.3) is 5.65 Å². The Labute approximate surface area is 83.9 Å². The molecular formula is C8H5Cl2FN2. The molecule has 2 heterocycles. The van der Waals surface area contributed by atoms with Gasteiger partial charge in [0.2, 0.25) is 0 Å². The van der Waals surface area contributed by atoms with Crippen LogP contribution in [0, 0.1) is 5.82 Å². The van der Waals surface area contributed by atoms with Gasteiger partial charge in [-0.05, 0) is 6.07 Å². The van der Waals surface area contributed by atoms with Gasteiger partial charge in [-0.15, -0.1) is 11.6 Å². The first-order valence-electron chi connectivity index (χ1n) is 3.59. The minimum absolute atomic E-state index is 0.288. The van der Waals surface area contributed by atoms with Gasteiger partial charge in [-0.2, -0.15) is 0 Å². The lowest BCUT2D eigenvalue weighted by Crippen LogP contribution is -1.86. The molecule has 2 nitrogen and oxygen atoms in total. The zero-order valence-corrected chi connectivity index (χ0v) is 7.98. The summed E-state index contributed by atoms with van der Waals surface area (Å²) in [5.41, 5.74) is 1.20. The predicted octanol–water partition coefficient (Wildman–Crippen LogP) is 2.87. The van der Waals surface area contributed by atoms with E-state index in [0.29, 0.717) is 17.2 Å². The van der Waals surface area contributed by atoms with Crippen LogP contribution in [0.1, 0.15) is 5.69 Å². The second kappa shape index (κ2) is 3.16. The second-order valence-electron chi connectivity index (χ2n) is 2.60. The Kier molecular flexibility index (Phi) is 2.14. The standard InChI is InChI=1S/C8H5Cl2FN2/c9-2-6-4-13-3-5(11)1-7(10)8(13)12-6/h1,3-4H,2H2. The van der Waals surface area contributed by atoms with Crippen molar-refractivity contribution in [1.29, 1.82) is 0 Å². The highest BCUT2D eigenvalue weighted by molar-refractivity contribution is 6.33. The molecule has 0 amide bonds. The van der Waals surface area contributed by atoms with Gasteiger partial charge in [0, 0.05) is 12.4 Å². The van der Waals surface area contributed by atoms with Gasteiger partial charge in [-0.25, -0.2) is 9.37 Å². The molecule has 0 aliphatic carbocycles. The number of hydrogen-bond acceptors (Lipinski definition) is 1. The molecule has 2 aromatic rings. The van der Waals surface area contributed by atoms with Crippen LogP contribution in [0.2, 0.25) is 5.02 Å². The highest BCUT2D eigenvalue weighted by Gasteiger charge is 2.05. The molecule has 2 aromatic heterocycles. The van der Waals surface area contributed by atoms with E-state index in [4.69, 9.17) is 23.2 Å². The molecule has 0 bridgehead atoms.